The monoisotopic (exact) mass is 714 g/mol. The second-order valence-electron chi connectivity index (χ2n) is 12.2. The molecule has 5 aromatic rings. The van der Waals surface area contributed by atoms with Crippen LogP contribution in [0.25, 0.3) is 0 Å². The molecule has 1 fully saturated rings. The lowest BCUT2D eigenvalue weighted by Crippen LogP contribution is -2.68. The predicted molar refractivity (Wildman–Crippen MR) is 189 cm³/mol. The van der Waals surface area contributed by atoms with Gasteiger partial charge in [0.2, 0.25) is 12.4 Å². The Bertz CT molecular complexity index is 2020. The van der Waals surface area contributed by atoms with Gasteiger partial charge in [0.1, 0.15) is 12.2 Å². The molecule has 1 heterocycles. The number of rotatable bonds is 11. The van der Waals surface area contributed by atoms with Crippen molar-refractivity contribution in [1.82, 2.24) is 0 Å². The summed E-state index contributed by atoms with van der Waals surface area (Å²) in [5, 5.41) is 0. The molecular weight excluding hydrogens is 680 g/mol. The van der Waals surface area contributed by atoms with Crippen molar-refractivity contribution in [2.24, 2.45) is 0 Å². The Balaban J connectivity index is 1.45. The zero-order valence-electron chi connectivity index (χ0n) is 28.4. The summed E-state index contributed by atoms with van der Waals surface area (Å²) >= 11 is 0. The van der Waals surface area contributed by atoms with Gasteiger partial charge in [-0.05, 0) is 67.6 Å². The molecule has 6 rings (SSSR count). The highest BCUT2D eigenvalue weighted by Gasteiger charge is 2.60. The fourth-order valence-corrected chi connectivity index (χ4v) is 5.63. The fraction of sp³-hybridized carbons (Fsp3) is 0.167. The largest absolute Gasteiger partial charge is 0.459 e. The van der Waals surface area contributed by atoms with Gasteiger partial charge in [-0.25, -0.2) is 24.0 Å². The lowest BCUT2D eigenvalue weighted by Gasteiger charge is -2.49. The zero-order chi connectivity index (χ0) is 37.2. The Labute approximate surface area is 305 Å². The van der Waals surface area contributed by atoms with Gasteiger partial charge in [0.05, 0.1) is 27.8 Å². The summed E-state index contributed by atoms with van der Waals surface area (Å²) < 4.78 is 36.1. The number of carbonyl (C=O) groups excluding carboxylic acids is 5. The molecule has 11 heteroatoms. The molecular formula is C42H34O11. The molecule has 5 aromatic carbocycles. The summed E-state index contributed by atoms with van der Waals surface area (Å²) in [6.07, 6.45) is -6.80. The second-order valence-corrected chi connectivity index (χ2v) is 12.2. The first-order valence-corrected chi connectivity index (χ1v) is 16.7. The van der Waals surface area contributed by atoms with E-state index in [1.807, 2.05) is 0 Å². The van der Waals surface area contributed by atoms with Crippen LogP contribution in [-0.4, -0.2) is 66.7 Å². The SMILES string of the molecule is C[C@]1(COC(=O)c2ccccc2)O[C@H](OC(=O)c2ccccc2)[C@H](OC(=O)c2ccccc2)[C@@H](OC(=O)c2ccccc2)[C@@H]1OC(=O)c1ccccc1. The first-order chi connectivity index (χ1) is 25.7. The number of hydrogen-bond donors (Lipinski definition) is 0. The normalized spacial score (nSPS) is 20.6. The van der Waals surface area contributed by atoms with Crippen molar-refractivity contribution < 1.29 is 52.4 Å². The van der Waals surface area contributed by atoms with Crippen molar-refractivity contribution >= 4 is 29.8 Å². The standard InChI is InChI=1S/C42H34O11/c1-42(27-48-36(43)28-17-7-2-8-18-28)35(51-39(46)31-23-13-5-14-24-31)33(49-37(44)29-19-9-3-10-20-29)34(50-38(45)30-21-11-4-12-22-30)41(53-42)52-40(47)32-25-15-6-16-26-32/h2-26,33-35,41H,27H2,1H3/t33-,34-,35+,41+,42-/m1/s1. The number of benzene rings is 5. The Hall–Kier alpha value is -6.59. The van der Waals surface area contributed by atoms with Crippen LogP contribution < -0.4 is 0 Å². The third-order valence-electron chi connectivity index (χ3n) is 8.36. The number of esters is 5. The molecule has 0 unspecified atom stereocenters. The van der Waals surface area contributed by atoms with Gasteiger partial charge in [0.25, 0.3) is 0 Å². The van der Waals surface area contributed by atoms with E-state index >= 15 is 0 Å². The van der Waals surface area contributed by atoms with Crippen LogP contribution in [0.4, 0.5) is 0 Å². The van der Waals surface area contributed by atoms with E-state index in [4.69, 9.17) is 28.4 Å². The average molecular weight is 715 g/mol. The summed E-state index contributed by atoms with van der Waals surface area (Å²) in [5.74, 6) is -4.22. The highest BCUT2D eigenvalue weighted by Crippen LogP contribution is 2.38. The minimum atomic E-state index is -1.88. The van der Waals surface area contributed by atoms with Gasteiger partial charge >= 0.3 is 29.8 Å². The van der Waals surface area contributed by atoms with Crippen LogP contribution in [0.1, 0.15) is 58.7 Å². The first-order valence-electron chi connectivity index (χ1n) is 16.7. The molecule has 1 aliphatic heterocycles. The van der Waals surface area contributed by atoms with Gasteiger partial charge in [-0.1, -0.05) is 91.0 Å². The van der Waals surface area contributed by atoms with Crippen LogP contribution in [-0.2, 0) is 28.4 Å². The van der Waals surface area contributed by atoms with E-state index in [2.05, 4.69) is 0 Å². The van der Waals surface area contributed by atoms with E-state index in [0.717, 1.165) is 0 Å². The molecule has 0 bridgehead atoms. The lowest BCUT2D eigenvalue weighted by atomic mass is 9.87. The molecule has 0 spiro atoms. The molecule has 53 heavy (non-hydrogen) atoms. The van der Waals surface area contributed by atoms with E-state index in [9.17, 15) is 24.0 Å². The smallest absolute Gasteiger partial charge is 0.340 e. The molecule has 1 aliphatic rings. The van der Waals surface area contributed by atoms with Gasteiger partial charge in [-0.3, -0.25) is 0 Å². The number of carbonyl (C=O) groups is 5. The summed E-state index contributed by atoms with van der Waals surface area (Å²) in [7, 11) is 0. The highest BCUT2D eigenvalue weighted by molar-refractivity contribution is 5.92. The summed E-state index contributed by atoms with van der Waals surface area (Å²) in [6.45, 7) is 0.849. The van der Waals surface area contributed by atoms with Gasteiger partial charge in [-0.2, -0.15) is 0 Å². The molecule has 0 amide bonds. The van der Waals surface area contributed by atoms with E-state index < -0.39 is 66.7 Å². The third-order valence-corrected chi connectivity index (χ3v) is 8.36. The van der Waals surface area contributed by atoms with Gasteiger partial charge in [-0.15, -0.1) is 0 Å². The average Bonchev–Trinajstić information content (AvgIpc) is 3.21. The van der Waals surface area contributed by atoms with Gasteiger partial charge in [0.15, 0.2) is 12.2 Å². The number of ether oxygens (including phenoxy) is 6. The van der Waals surface area contributed by atoms with Crippen LogP contribution in [0.2, 0.25) is 0 Å². The number of hydrogen-bond acceptors (Lipinski definition) is 11. The molecule has 0 N–H and O–H groups in total. The summed E-state index contributed by atoms with van der Waals surface area (Å²) in [4.78, 5) is 68.0. The van der Waals surface area contributed by atoms with Crippen LogP contribution in [0, 0.1) is 0 Å². The fourth-order valence-electron chi connectivity index (χ4n) is 5.63. The van der Waals surface area contributed by atoms with Crippen LogP contribution >= 0.6 is 0 Å². The van der Waals surface area contributed by atoms with Crippen molar-refractivity contribution in [3.63, 3.8) is 0 Å². The van der Waals surface area contributed by atoms with Crippen molar-refractivity contribution in [1.29, 1.82) is 0 Å². The predicted octanol–water partition coefficient (Wildman–Crippen LogP) is 6.49. The summed E-state index contributed by atoms with van der Waals surface area (Å²) in [5.41, 5.74) is -1.14. The topological polar surface area (TPSA) is 141 Å². The molecule has 268 valence electrons. The maximum Gasteiger partial charge on any atom is 0.340 e. The molecule has 11 nitrogen and oxygen atoms in total. The third kappa shape index (κ3) is 8.84. The highest BCUT2D eigenvalue weighted by atomic mass is 16.8. The Kier molecular flexibility index (Phi) is 11.4. The molecule has 0 radical (unpaired) electrons. The molecule has 0 aliphatic carbocycles. The minimum Gasteiger partial charge on any atom is -0.459 e. The maximum absolute atomic E-state index is 13.8. The van der Waals surface area contributed by atoms with E-state index in [1.165, 1.54) is 55.5 Å². The van der Waals surface area contributed by atoms with E-state index in [1.54, 1.807) is 103 Å². The lowest BCUT2D eigenvalue weighted by molar-refractivity contribution is -0.316. The van der Waals surface area contributed by atoms with Crippen molar-refractivity contribution in [3.05, 3.63) is 179 Å². The van der Waals surface area contributed by atoms with Gasteiger partial charge in [0, 0.05) is 0 Å². The van der Waals surface area contributed by atoms with Crippen molar-refractivity contribution in [2.45, 2.75) is 37.1 Å². The quantitative estimate of drug-likeness (QED) is 0.110. The molecule has 0 aromatic heterocycles. The molecule has 0 saturated carbocycles. The molecule has 5 atom stereocenters. The van der Waals surface area contributed by atoms with E-state index in [-0.39, 0.29) is 27.8 Å². The first kappa shape index (κ1) is 36.2. The van der Waals surface area contributed by atoms with Crippen LogP contribution in [0.5, 0.6) is 0 Å². The van der Waals surface area contributed by atoms with E-state index in [0.29, 0.717) is 0 Å². The Morgan fingerprint density at radius 1 is 0.453 bits per heavy atom. The van der Waals surface area contributed by atoms with Crippen LogP contribution in [0.15, 0.2) is 152 Å². The Morgan fingerprint density at radius 2 is 0.774 bits per heavy atom. The summed E-state index contributed by atoms with van der Waals surface area (Å²) in [6, 6.07) is 40.0. The van der Waals surface area contributed by atoms with Gasteiger partial charge < -0.3 is 28.4 Å². The zero-order valence-corrected chi connectivity index (χ0v) is 28.4. The van der Waals surface area contributed by atoms with Crippen molar-refractivity contribution in [2.75, 3.05) is 6.61 Å². The van der Waals surface area contributed by atoms with Crippen LogP contribution in [0.3, 0.4) is 0 Å². The molecule has 1 saturated heterocycles. The Morgan fingerprint density at radius 3 is 1.17 bits per heavy atom. The second kappa shape index (κ2) is 16.6. The minimum absolute atomic E-state index is 0.121. The van der Waals surface area contributed by atoms with Crippen molar-refractivity contribution in [3.8, 4) is 0 Å². The maximum atomic E-state index is 13.8.